The minimum absolute atomic E-state index is 0. The number of aromatic amines is 1. The monoisotopic (exact) mass is 449 g/mol. The van der Waals surface area contributed by atoms with Crippen molar-refractivity contribution in [1.29, 1.82) is 0 Å². The Labute approximate surface area is 189 Å². The fraction of sp³-hybridized carbons (Fsp3) is 0.478. The summed E-state index contributed by atoms with van der Waals surface area (Å²) in [5.74, 6) is 2.66. The number of imidazole rings is 1. The zero-order valence-electron chi connectivity index (χ0n) is 17.9. The van der Waals surface area contributed by atoms with Crippen LogP contribution in [-0.2, 0) is 10.5 Å². The highest BCUT2D eigenvalue weighted by atomic mass is 35.5. The predicted molar refractivity (Wildman–Crippen MR) is 127 cm³/mol. The molecule has 5 nitrogen and oxygen atoms in total. The summed E-state index contributed by atoms with van der Waals surface area (Å²) in [6.45, 7) is 3.72. The van der Waals surface area contributed by atoms with Gasteiger partial charge in [0, 0.05) is 25.5 Å². The van der Waals surface area contributed by atoms with Gasteiger partial charge in [-0.3, -0.25) is 0 Å². The van der Waals surface area contributed by atoms with Gasteiger partial charge in [0.25, 0.3) is 0 Å². The maximum atomic E-state index is 6.03. The second-order valence-corrected chi connectivity index (χ2v) is 8.16. The number of fused-ring (bicyclic) bond motifs is 1. The molecular weight excluding hydrogens is 418 g/mol. The summed E-state index contributed by atoms with van der Waals surface area (Å²) < 4.78 is 11.1. The quantitative estimate of drug-likeness (QED) is 0.243. The van der Waals surface area contributed by atoms with Gasteiger partial charge in [0.1, 0.15) is 16.6 Å². The van der Waals surface area contributed by atoms with Crippen LogP contribution in [0.25, 0.3) is 11.0 Å². The van der Waals surface area contributed by atoms with E-state index in [1.807, 2.05) is 36.5 Å². The lowest BCUT2D eigenvalue weighted by Gasteiger charge is -2.11. The number of H-pyrrole nitrogens is 1. The van der Waals surface area contributed by atoms with Gasteiger partial charge in [0.15, 0.2) is 0 Å². The Balaban J connectivity index is 0.00000320. The second-order valence-electron chi connectivity index (χ2n) is 7.19. The average molecular weight is 450 g/mol. The van der Waals surface area contributed by atoms with Gasteiger partial charge in [-0.25, -0.2) is 9.97 Å². The third-order valence-electron chi connectivity index (χ3n) is 4.89. The number of hydrogen-bond donors (Lipinski definition) is 1. The van der Waals surface area contributed by atoms with Crippen LogP contribution in [0.3, 0.4) is 0 Å². The number of thioether (sulfide) groups is 1. The van der Waals surface area contributed by atoms with E-state index in [2.05, 4.69) is 21.9 Å². The topological polar surface area (TPSA) is 60.0 Å². The van der Waals surface area contributed by atoms with Gasteiger partial charge in [-0.1, -0.05) is 49.6 Å². The van der Waals surface area contributed by atoms with E-state index in [4.69, 9.17) is 9.47 Å². The van der Waals surface area contributed by atoms with E-state index in [1.54, 1.807) is 18.9 Å². The van der Waals surface area contributed by atoms with E-state index in [1.165, 1.54) is 25.7 Å². The molecule has 0 unspecified atom stereocenters. The number of rotatable bonds is 13. The summed E-state index contributed by atoms with van der Waals surface area (Å²) in [4.78, 5) is 12.5. The molecule has 1 aromatic carbocycles. The lowest BCUT2D eigenvalue weighted by molar-refractivity contribution is 0.191. The highest BCUT2D eigenvalue weighted by Gasteiger charge is 2.09. The number of ether oxygens (including phenoxy) is 2. The van der Waals surface area contributed by atoms with Gasteiger partial charge < -0.3 is 14.5 Å². The first-order chi connectivity index (χ1) is 14.3. The van der Waals surface area contributed by atoms with Crippen LogP contribution in [0.4, 0.5) is 0 Å². The normalized spacial score (nSPS) is 10.9. The van der Waals surface area contributed by atoms with Crippen molar-refractivity contribution in [2.24, 2.45) is 0 Å². The third kappa shape index (κ3) is 7.49. The third-order valence-corrected chi connectivity index (χ3v) is 6.00. The zero-order chi connectivity index (χ0) is 20.3. The Morgan fingerprint density at radius 3 is 2.47 bits per heavy atom. The van der Waals surface area contributed by atoms with Crippen LogP contribution in [0, 0.1) is 6.92 Å². The number of halogens is 1. The maximum absolute atomic E-state index is 6.03. The van der Waals surface area contributed by atoms with E-state index in [-0.39, 0.29) is 12.4 Å². The van der Waals surface area contributed by atoms with Crippen LogP contribution in [0.1, 0.15) is 49.9 Å². The summed E-state index contributed by atoms with van der Waals surface area (Å²) in [6, 6.07) is 10.1. The summed E-state index contributed by atoms with van der Waals surface area (Å²) in [7, 11) is 1.77. The van der Waals surface area contributed by atoms with Gasteiger partial charge in [-0.05, 0) is 38.0 Å². The summed E-state index contributed by atoms with van der Waals surface area (Å²) in [6.07, 6.45) is 9.10. The van der Waals surface area contributed by atoms with Gasteiger partial charge in [0.05, 0.1) is 23.4 Å². The molecule has 0 saturated heterocycles. The molecule has 0 saturated carbocycles. The molecular formula is C23H32ClN3O2S. The Bertz CT molecular complexity index is 855. The van der Waals surface area contributed by atoms with Gasteiger partial charge in [-0.2, -0.15) is 0 Å². The molecule has 0 aliphatic carbocycles. The predicted octanol–water partition coefficient (Wildman–Crippen LogP) is 6.35. The SMILES string of the molecule is COCCCCCCCCOc1ccnc(SCc2nc3ccccc3[nH]2)c1C.Cl. The van der Waals surface area contributed by atoms with E-state index in [9.17, 15) is 0 Å². The first kappa shape index (κ1) is 24.5. The van der Waals surface area contributed by atoms with Crippen molar-refractivity contribution in [1.82, 2.24) is 15.0 Å². The summed E-state index contributed by atoms with van der Waals surface area (Å²) in [5, 5.41) is 1.00. The fourth-order valence-electron chi connectivity index (χ4n) is 3.25. The molecule has 0 radical (unpaired) electrons. The number of benzene rings is 1. The molecule has 0 atom stereocenters. The molecule has 0 amide bonds. The highest BCUT2D eigenvalue weighted by Crippen LogP contribution is 2.29. The molecule has 7 heteroatoms. The smallest absolute Gasteiger partial charge is 0.126 e. The van der Waals surface area contributed by atoms with Gasteiger partial charge in [-0.15, -0.1) is 12.4 Å². The second kappa shape index (κ2) is 13.5. The van der Waals surface area contributed by atoms with Gasteiger partial charge >= 0.3 is 0 Å². The maximum Gasteiger partial charge on any atom is 0.126 e. The van der Waals surface area contributed by atoms with Crippen LogP contribution in [0.5, 0.6) is 5.75 Å². The molecule has 1 N–H and O–H groups in total. The van der Waals surface area contributed by atoms with Crippen molar-refractivity contribution < 1.29 is 9.47 Å². The molecule has 3 aromatic rings. The number of para-hydroxylation sites is 2. The van der Waals surface area contributed by atoms with E-state index < -0.39 is 0 Å². The molecule has 2 aromatic heterocycles. The summed E-state index contributed by atoms with van der Waals surface area (Å²) >= 11 is 1.69. The van der Waals surface area contributed by atoms with Crippen molar-refractivity contribution in [2.75, 3.05) is 20.3 Å². The average Bonchev–Trinajstić information content (AvgIpc) is 3.16. The standard InChI is InChI=1S/C23H31N3O2S.ClH/c1-18-21(28-16-10-6-4-3-5-9-15-27-2)13-14-24-23(18)29-17-22-25-19-11-7-8-12-20(19)26-22;/h7-8,11-14H,3-6,9-10,15-17H2,1-2H3,(H,25,26);1H. The molecule has 0 fully saturated rings. The van der Waals surface area contributed by atoms with E-state index in [0.717, 1.165) is 65.0 Å². The Morgan fingerprint density at radius 1 is 0.967 bits per heavy atom. The van der Waals surface area contributed by atoms with Gasteiger partial charge in [0.2, 0.25) is 0 Å². The molecule has 3 rings (SSSR count). The number of unbranched alkanes of at least 4 members (excludes halogenated alkanes) is 5. The van der Waals surface area contributed by atoms with Crippen molar-refractivity contribution >= 4 is 35.2 Å². The van der Waals surface area contributed by atoms with Crippen LogP contribution in [-0.4, -0.2) is 35.3 Å². The van der Waals surface area contributed by atoms with Crippen LogP contribution in [0.15, 0.2) is 41.6 Å². The Morgan fingerprint density at radius 2 is 1.70 bits per heavy atom. The number of methoxy groups -OCH3 is 1. The number of nitrogens with zero attached hydrogens (tertiary/aromatic N) is 2. The zero-order valence-corrected chi connectivity index (χ0v) is 19.5. The summed E-state index contributed by atoms with van der Waals surface area (Å²) in [5.41, 5.74) is 3.18. The molecule has 0 aliphatic rings. The minimum Gasteiger partial charge on any atom is -0.493 e. The van der Waals surface area contributed by atoms with Crippen LogP contribution < -0.4 is 4.74 Å². The van der Waals surface area contributed by atoms with Crippen molar-refractivity contribution in [2.45, 2.75) is 56.2 Å². The molecule has 164 valence electrons. The van der Waals surface area contributed by atoms with E-state index in [0.29, 0.717) is 0 Å². The Hall–Kier alpha value is -1.76. The fourth-order valence-corrected chi connectivity index (χ4v) is 4.11. The van der Waals surface area contributed by atoms with Crippen LogP contribution >= 0.6 is 24.2 Å². The molecule has 0 aliphatic heterocycles. The lowest BCUT2D eigenvalue weighted by atomic mass is 10.1. The molecule has 0 spiro atoms. The van der Waals surface area contributed by atoms with Crippen LogP contribution in [0.2, 0.25) is 0 Å². The lowest BCUT2D eigenvalue weighted by Crippen LogP contribution is -2.00. The van der Waals surface area contributed by atoms with Crippen molar-refractivity contribution in [3.63, 3.8) is 0 Å². The molecule has 30 heavy (non-hydrogen) atoms. The largest absolute Gasteiger partial charge is 0.493 e. The minimum atomic E-state index is 0. The van der Waals surface area contributed by atoms with E-state index >= 15 is 0 Å². The highest BCUT2D eigenvalue weighted by molar-refractivity contribution is 7.98. The van der Waals surface area contributed by atoms with Crippen molar-refractivity contribution in [3.05, 3.63) is 47.9 Å². The Kier molecular flexibility index (Phi) is 11.0. The first-order valence-electron chi connectivity index (χ1n) is 10.4. The number of nitrogens with one attached hydrogen (secondary N) is 1. The number of pyridine rings is 1. The number of hydrogen-bond acceptors (Lipinski definition) is 5. The first-order valence-corrected chi connectivity index (χ1v) is 11.4. The van der Waals surface area contributed by atoms with Crippen molar-refractivity contribution in [3.8, 4) is 5.75 Å². The molecule has 2 heterocycles. The number of aromatic nitrogens is 3. The molecule has 0 bridgehead atoms.